The van der Waals surface area contributed by atoms with Crippen molar-refractivity contribution in [2.75, 3.05) is 22.1 Å². The molecule has 0 spiro atoms. The van der Waals surface area contributed by atoms with Crippen LogP contribution in [0.4, 0.5) is 16.2 Å². The van der Waals surface area contributed by atoms with Crippen LogP contribution in [0.5, 0.6) is 11.5 Å². The van der Waals surface area contributed by atoms with Gasteiger partial charge in [0.05, 0.1) is 11.5 Å². The van der Waals surface area contributed by atoms with E-state index in [1.807, 2.05) is 13.8 Å². The van der Waals surface area contributed by atoms with Crippen LogP contribution in [-0.4, -0.2) is 34.4 Å². The van der Waals surface area contributed by atoms with Gasteiger partial charge in [-0.1, -0.05) is 64.5 Å². The molecule has 0 saturated carbocycles. The molecule has 0 atom stereocenters. The highest BCUT2D eigenvalue weighted by molar-refractivity contribution is 7.87. The molecule has 0 fully saturated rings. The summed E-state index contributed by atoms with van der Waals surface area (Å²) in [6.45, 7) is 4.09. The summed E-state index contributed by atoms with van der Waals surface area (Å²) in [5.41, 5.74) is 0.654. The highest BCUT2D eigenvalue weighted by Gasteiger charge is 2.15. The zero-order valence-electron chi connectivity index (χ0n) is 20.9. The van der Waals surface area contributed by atoms with Crippen molar-refractivity contribution in [3.8, 4) is 11.5 Å². The van der Waals surface area contributed by atoms with E-state index < -0.39 is 26.3 Å². The smallest absolute Gasteiger partial charge is 0.323 e. The van der Waals surface area contributed by atoms with Crippen molar-refractivity contribution in [3.05, 3.63) is 48.5 Å². The fourth-order valence-corrected chi connectivity index (χ4v) is 5.41. The molecule has 0 aliphatic rings. The third kappa shape index (κ3) is 11.8. The molecule has 0 aromatic heterocycles. The minimum Gasteiger partial charge on any atom is -0.382 e. The fourth-order valence-electron chi connectivity index (χ4n) is 3.33. The van der Waals surface area contributed by atoms with Crippen molar-refractivity contribution in [1.82, 2.24) is 0 Å². The van der Waals surface area contributed by atoms with E-state index in [2.05, 4.69) is 10.6 Å². The van der Waals surface area contributed by atoms with Gasteiger partial charge in [0.1, 0.15) is 11.5 Å². The van der Waals surface area contributed by atoms with E-state index in [-0.39, 0.29) is 23.0 Å². The van der Waals surface area contributed by atoms with Crippen LogP contribution < -0.4 is 19.0 Å². The summed E-state index contributed by atoms with van der Waals surface area (Å²) >= 11 is 0. The van der Waals surface area contributed by atoms with Crippen LogP contribution in [0.2, 0.25) is 0 Å². The SMILES string of the molecule is CCCCCCS(=O)(=O)Oc1cccc(NC(=O)Nc2cccc(OS(=O)(=O)CCCCCC)c2)c1. The molecule has 0 aliphatic carbocycles. The van der Waals surface area contributed by atoms with Gasteiger partial charge in [0.25, 0.3) is 0 Å². The normalized spacial score (nSPS) is 11.6. The molecule has 11 heteroatoms. The van der Waals surface area contributed by atoms with E-state index >= 15 is 0 Å². The molecule has 2 aromatic carbocycles. The molecule has 36 heavy (non-hydrogen) atoms. The maximum Gasteiger partial charge on any atom is 0.323 e. The van der Waals surface area contributed by atoms with Crippen LogP contribution in [-0.2, 0) is 20.2 Å². The zero-order chi connectivity index (χ0) is 26.4. The second-order valence-corrected chi connectivity index (χ2v) is 11.8. The lowest BCUT2D eigenvalue weighted by molar-refractivity contribution is 0.262. The Labute approximate surface area is 214 Å². The van der Waals surface area contributed by atoms with Crippen LogP contribution in [0, 0.1) is 0 Å². The van der Waals surface area contributed by atoms with Crippen LogP contribution in [0.25, 0.3) is 0 Å². The number of hydrogen-bond acceptors (Lipinski definition) is 7. The van der Waals surface area contributed by atoms with Gasteiger partial charge in [0.2, 0.25) is 0 Å². The van der Waals surface area contributed by atoms with E-state index in [9.17, 15) is 21.6 Å². The minimum absolute atomic E-state index is 0.0714. The molecular formula is C25H36N2O7S2. The van der Waals surface area contributed by atoms with Crippen LogP contribution in [0.1, 0.15) is 65.2 Å². The first-order valence-electron chi connectivity index (χ1n) is 12.2. The van der Waals surface area contributed by atoms with Gasteiger partial charge in [0, 0.05) is 23.5 Å². The average molecular weight is 541 g/mol. The predicted octanol–water partition coefficient (Wildman–Crippen LogP) is 5.91. The Morgan fingerprint density at radius 1 is 0.667 bits per heavy atom. The number of urea groups is 1. The summed E-state index contributed by atoms with van der Waals surface area (Å²) in [7, 11) is -7.46. The Kier molecular flexibility index (Phi) is 12.0. The highest BCUT2D eigenvalue weighted by Crippen LogP contribution is 2.22. The van der Waals surface area contributed by atoms with Gasteiger partial charge >= 0.3 is 26.3 Å². The summed E-state index contributed by atoms with van der Waals surface area (Å²) < 4.78 is 59.0. The number of rotatable bonds is 16. The average Bonchev–Trinajstić information content (AvgIpc) is 2.79. The zero-order valence-corrected chi connectivity index (χ0v) is 22.5. The maximum absolute atomic E-state index is 12.4. The summed E-state index contributed by atoms with van der Waals surface area (Å²) in [6, 6.07) is 11.5. The van der Waals surface area contributed by atoms with Gasteiger partial charge in [-0.25, -0.2) is 4.79 Å². The lowest BCUT2D eigenvalue weighted by Gasteiger charge is -2.11. The molecule has 2 N–H and O–H groups in total. The molecule has 0 heterocycles. The first kappa shape index (κ1) is 29.4. The second-order valence-electron chi connectivity index (χ2n) is 8.45. The summed E-state index contributed by atoms with van der Waals surface area (Å²) in [6.07, 6.45) is 6.63. The second kappa shape index (κ2) is 14.7. The van der Waals surface area contributed by atoms with Crippen molar-refractivity contribution >= 4 is 37.6 Å². The summed E-state index contributed by atoms with van der Waals surface area (Å²) in [5, 5.41) is 5.20. The number of anilines is 2. The molecule has 2 rings (SSSR count). The van der Waals surface area contributed by atoms with Crippen molar-refractivity contribution in [1.29, 1.82) is 0 Å². The molecular weight excluding hydrogens is 504 g/mol. The van der Waals surface area contributed by atoms with Crippen molar-refractivity contribution < 1.29 is 30.0 Å². The monoisotopic (exact) mass is 540 g/mol. The summed E-state index contributed by atoms with van der Waals surface area (Å²) in [5.74, 6) is 0.0569. The van der Waals surface area contributed by atoms with Crippen LogP contribution in [0.3, 0.4) is 0 Å². The van der Waals surface area contributed by atoms with E-state index in [4.69, 9.17) is 8.37 Å². The highest BCUT2D eigenvalue weighted by atomic mass is 32.2. The largest absolute Gasteiger partial charge is 0.382 e. The predicted molar refractivity (Wildman–Crippen MR) is 143 cm³/mol. The van der Waals surface area contributed by atoms with Gasteiger partial charge in [0.15, 0.2) is 0 Å². The van der Waals surface area contributed by atoms with E-state index in [0.717, 1.165) is 38.5 Å². The molecule has 0 saturated heterocycles. The number of amides is 2. The van der Waals surface area contributed by atoms with E-state index in [1.165, 1.54) is 24.3 Å². The van der Waals surface area contributed by atoms with Gasteiger partial charge in [-0.15, -0.1) is 0 Å². The van der Waals surface area contributed by atoms with Gasteiger partial charge in [-0.05, 0) is 37.1 Å². The van der Waals surface area contributed by atoms with Crippen LogP contribution >= 0.6 is 0 Å². The Balaban J connectivity index is 1.92. The van der Waals surface area contributed by atoms with Crippen molar-refractivity contribution in [2.24, 2.45) is 0 Å². The quantitative estimate of drug-likeness (QED) is 0.200. The van der Waals surface area contributed by atoms with Crippen LogP contribution in [0.15, 0.2) is 48.5 Å². The Bertz CT molecular complexity index is 1090. The van der Waals surface area contributed by atoms with Gasteiger partial charge in [-0.2, -0.15) is 16.8 Å². The Hall–Kier alpha value is -2.79. The number of hydrogen-bond donors (Lipinski definition) is 2. The van der Waals surface area contributed by atoms with Gasteiger partial charge < -0.3 is 19.0 Å². The standard InChI is InChI=1S/C25H36N2O7S2/c1-3-5-7-9-17-35(29,30)33-23-15-11-13-21(19-23)26-25(28)27-22-14-12-16-24(20-22)34-36(31,32)18-10-8-6-4-2/h11-16,19-20H,3-10,17-18H2,1-2H3,(H2,26,27,28). The molecule has 9 nitrogen and oxygen atoms in total. The Morgan fingerprint density at radius 3 is 1.47 bits per heavy atom. The molecule has 0 aliphatic heterocycles. The lowest BCUT2D eigenvalue weighted by atomic mass is 10.2. The molecule has 2 amide bonds. The maximum atomic E-state index is 12.4. The number of unbranched alkanes of at least 4 members (excludes halogenated alkanes) is 6. The first-order chi connectivity index (χ1) is 17.1. The molecule has 200 valence electrons. The van der Waals surface area contributed by atoms with E-state index in [0.29, 0.717) is 24.2 Å². The summed E-state index contributed by atoms with van der Waals surface area (Å²) in [4.78, 5) is 12.4. The first-order valence-corrected chi connectivity index (χ1v) is 15.4. The molecule has 0 bridgehead atoms. The molecule has 2 aromatic rings. The third-order valence-corrected chi connectivity index (χ3v) is 7.60. The van der Waals surface area contributed by atoms with Crippen molar-refractivity contribution in [3.63, 3.8) is 0 Å². The molecule has 0 unspecified atom stereocenters. The lowest BCUT2D eigenvalue weighted by Crippen LogP contribution is -2.20. The Morgan fingerprint density at radius 2 is 1.08 bits per heavy atom. The number of benzene rings is 2. The van der Waals surface area contributed by atoms with Gasteiger partial charge in [-0.3, -0.25) is 0 Å². The van der Waals surface area contributed by atoms with Crippen molar-refractivity contribution in [2.45, 2.75) is 65.2 Å². The third-order valence-electron chi connectivity index (χ3n) is 5.13. The number of nitrogens with one attached hydrogen (secondary N) is 2. The van der Waals surface area contributed by atoms with E-state index in [1.54, 1.807) is 24.3 Å². The topological polar surface area (TPSA) is 128 Å². The fraction of sp³-hybridized carbons (Fsp3) is 0.480. The molecule has 0 radical (unpaired) electrons. The number of carbonyl (C=O) groups excluding carboxylic acids is 1. The number of carbonyl (C=O) groups is 1. The minimum atomic E-state index is -3.73.